The number of hydrogen-bond donors (Lipinski definition) is 0. The average Bonchev–Trinajstić information content (AvgIpc) is 2.17. The van der Waals surface area contributed by atoms with Crippen molar-refractivity contribution in [2.45, 2.75) is 6.92 Å². The molecule has 0 saturated heterocycles. The normalized spacial score (nSPS) is 10.9. The Morgan fingerprint density at radius 3 is 2.86 bits per heavy atom. The van der Waals surface area contributed by atoms with Crippen molar-refractivity contribution in [2.24, 2.45) is 5.16 Å². The molecule has 0 radical (unpaired) electrons. The van der Waals surface area contributed by atoms with Crippen LogP contribution in [0.15, 0.2) is 17.8 Å². The molecule has 0 unspecified atom stereocenters. The minimum absolute atomic E-state index is 0.289. The molecular weight excluding hydrogens is 202 g/mol. The fourth-order valence-electron chi connectivity index (χ4n) is 0.642. The Kier molecular flexibility index (Phi) is 8.02. The molecule has 0 rings (SSSR count). The highest BCUT2D eigenvalue weighted by Crippen LogP contribution is 1.97. The Morgan fingerprint density at radius 2 is 2.36 bits per heavy atom. The fraction of sp³-hybridized carbons (Fsp3) is 0.556. The van der Waals surface area contributed by atoms with E-state index in [1.54, 1.807) is 13.0 Å². The molecule has 0 heterocycles. The molecule has 0 N–H and O–H groups in total. The van der Waals surface area contributed by atoms with E-state index in [0.29, 0.717) is 18.1 Å². The van der Waals surface area contributed by atoms with E-state index in [9.17, 15) is 4.79 Å². The van der Waals surface area contributed by atoms with Gasteiger partial charge in [-0.2, -0.15) is 11.8 Å². The molecule has 0 amide bonds. The molecule has 0 bridgehead atoms. The topological polar surface area (TPSA) is 47.9 Å². The summed E-state index contributed by atoms with van der Waals surface area (Å²) < 4.78 is 4.80. The zero-order chi connectivity index (χ0) is 10.8. The van der Waals surface area contributed by atoms with Crippen LogP contribution in [0, 0.1) is 0 Å². The SMILES string of the molecule is C=CCON=C(CSC)C(=O)OCC. The molecular formula is C9H15NO3S. The third kappa shape index (κ3) is 5.64. The van der Waals surface area contributed by atoms with Gasteiger partial charge in [0.05, 0.1) is 6.61 Å². The number of ether oxygens (including phenoxy) is 1. The maximum Gasteiger partial charge on any atom is 0.356 e. The summed E-state index contributed by atoms with van der Waals surface area (Å²) in [6.45, 7) is 5.85. The van der Waals surface area contributed by atoms with Crippen LogP contribution >= 0.6 is 11.8 Å². The zero-order valence-corrected chi connectivity index (χ0v) is 9.30. The smallest absolute Gasteiger partial charge is 0.356 e. The summed E-state index contributed by atoms with van der Waals surface area (Å²) in [6.07, 6.45) is 3.44. The first-order chi connectivity index (χ1) is 6.76. The van der Waals surface area contributed by atoms with Gasteiger partial charge in [0.2, 0.25) is 0 Å². The third-order valence-corrected chi connectivity index (χ3v) is 1.72. The summed E-state index contributed by atoms with van der Waals surface area (Å²) in [7, 11) is 0. The first-order valence-electron chi connectivity index (χ1n) is 4.22. The highest BCUT2D eigenvalue weighted by molar-refractivity contribution is 7.99. The molecule has 0 atom stereocenters. The number of carbonyl (C=O) groups excluding carboxylic acids is 1. The Balaban J connectivity index is 4.17. The van der Waals surface area contributed by atoms with Gasteiger partial charge in [0.1, 0.15) is 6.61 Å². The average molecular weight is 217 g/mol. The second-order valence-electron chi connectivity index (χ2n) is 2.28. The quantitative estimate of drug-likeness (QED) is 0.213. The Bertz CT molecular complexity index is 216. The Hall–Kier alpha value is -0.970. The van der Waals surface area contributed by atoms with E-state index in [1.165, 1.54) is 11.8 Å². The van der Waals surface area contributed by atoms with Crippen LogP contribution in [0.3, 0.4) is 0 Å². The number of carbonyl (C=O) groups is 1. The molecule has 0 fully saturated rings. The van der Waals surface area contributed by atoms with Crippen molar-refractivity contribution in [1.29, 1.82) is 0 Å². The first kappa shape index (κ1) is 13.0. The van der Waals surface area contributed by atoms with Crippen LogP contribution in [0.4, 0.5) is 0 Å². The second kappa shape index (κ2) is 8.62. The summed E-state index contributed by atoms with van der Waals surface area (Å²) in [5.74, 6) is 0.0570. The highest BCUT2D eigenvalue weighted by atomic mass is 32.2. The van der Waals surface area contributed by atoms with E-state index >= 15 is 0 Å². The summed E-state index contributed by atoms with van der Waals surface area (Å²) in [4.78, 5) is 16.1. The molecule has 0 aliphatic carbocycles. The van der Waals surface area contributed by atoms with Crippen LogP contribution in [0.1, 0.15) is 6.92 Å². The van der Waals surface area contributed by atoms with Gasteiger partial charge in [0.15, 0.2) is 5.71 Å². The highest BCUT2D eigenvalue weighted by Gasteiger charge is 2.12. The largest absolute Gasteiger partial charge is 0.461 e. The van der Waals surface area contributed by atoms with Gasteiger partial charge in [-0.25, -0.2) is 4.79 Å². The molecule has 4 nitrogen and oxygen atoms in total. The molecule has 0 aromatic heterocycles. The van der Waals surface area contributed by atoms with Crippen LogP contribution in [0.2, 0.25) is 0 Å². The molecule has 0 aliphatic heterocycles. The van der Waals surface area contributed by atoms with E-state index in [2.05, 4.69) is 11.7 Å². The van der Waals surface area contributed by atoms with Crippen LogP contribution in [-0.2, 0) is 14.4 Å². The van der Waals surface area contributed by atoms with Gasteiger partial charge < -0.3 is 9.57 Å². The number of thioether (sulfide) groups is 1. The van der Waals surface area contributed by atoms with E-state index in [4.69, 9.17) is 9.57 Å². The van der Waals surface area contributed by atoms with E-state index in [-0.39, 0.29) is 6.61 Å². The predicted octanol–water partition coefficient (Wildman–Crippen LogP) is 1.47. The van der Waals surface area contributed by atoms with Crippen LogP contribution in [0.5, 0.6) is 0 Å². The zero-order valence-electron chi connectivity index (χ0n) is 8.49. The van der Waals surface area contributed by atoms with Crippen LogP contribution < -0.4 is 0 Å². The standard InChI is InChI=1S/C9H15NO3S/c1-4-6-13-10-8(7-14-3)9(11)12-5-2/h4H,1,5-7H2,2-3H3. The summed E-state index contributed by atoms with van der Waals surface area (Å²) in [5, 5.41) is 3.67. The van der Waals surface area contributed by atoms with Crippen molar-refractivity contribution in [3.8, 4) is 0 Å². The van der Waals surface area contributed by atoms with Crippen LogP contribution in [0.25, 0.3) is 0 Å². The number of esters is 1. The monoisotopic (exact) mass is 217 g/mol. The fourth-order valence-corrected chi connectivity index (χ4v) is 1.09. The predicted molar refractivity (Wildman–Crippen MR) is 58.6 cm³/mol. The number of nitrogens with zero attached hydrogens (tertiary/aromatic N) is 1. The molecule has 0 aliphatic rings. The minimum Gasteiger partial charge on any atom is -0.461 e. The first-order valence-corrected chi connectivity index (χ1v) is 5.61. The van der Waals surface area contributed by atoms with E-state index in [0.717, 1.165) is 0 Å². The summed E-state index contributed by atoms with van der Waals surface area (Å²) in [5.41, 5.74) is 0.293. The van der Waals surface area contributed by atoms with Crippen molar-refractivity contribution < 1.29 is 14.4 Å². The Labute approximate surface area is 88.3 Å². The van der Waals surface area contributed by atoms with Gasteiger partial charge in [0.25, 0.3) is 0 Å². The van der Waals surface area contributed by atoms with Crippen LogP contribution in [-0.4, -0.2) is 36.9 Å². The molecule has 0 spiro atoms. The lowest BCUT2D eigenvalue weighted by atomic mass is 10.4. The number of oxime groups is 1. The lowest BCUT2D eigenvalue weighted by Gasteiger charge is -2.03. The molecule has 0 aromatic rings. The molecule has 80 valence electrons. The molecule has 0 aromatic carbocycles. The van der Waals surface area contributed by atoms with Gasteiger partial charge in [-0.3, -0.25) is 0 Å². The number of hydrogen-bond acceptors (Lipinski definition) is 5. The second-order valence-corrected chi connectivity index (χ2v) is 3.14. The summed E-state index contributed by atoms with van der Waals surface area (Å²) >= 11 is 1.48. The Morgan fingerprint density at radius 1 is 1.64 bits per heavy atom. The van der Waals surface area contributed by atoms with Crippen molar-refractivity contribution >= 4 is 23.4 Å². The van der Waals surface area contributed by atoms with Crippen molar-refractivity contribution in [3.63, 3.8) is 0 Å². The van der Waals surface area contributed by atoms with Gasteiger partial charge >= 0.3 is 5.97 Å². The molecule has 5 heteroatoms. The van der Waals surface area contributed by atoms with Crippen molar-refractivity contribution in [3.05, 3.63) is 12.7 Å². The maximum absolute atomic E-state index is 11.3. The molecule has 0 saturated carbocycles. The lowest BCUT2D eigenvalue weighted by molar-refractivity contribution is -0.135. The van der Waals surface area contributed by atoms with Gasteiger partial charge in [-0.15, -0.1) is 0 Å². The minimum atomic E-state index is -0.425. The molecule has 14 heavy (non-hydrogen) atoms. The van der Waals surface area contributed by atoms with Crippen molar-refractivity contribution in [2.75, 3.05) is 25.2 Å². The number of rotatable bonds is 7. The van der Waals surface area contributed by atoms with Gasteiger partial charge in [0, 0.05) is 5.75 Å². The summed E-state index contributed by atoms with van der Waals surface area (Å²) in [6, 6.07) is 0. The van der Waals surface area contributed by atoms with Crippen molar-refractivity contribution in [1.82, 2.24) is 0 Å². The third-order valence-electron chi connectivity index (χ3n) is 1.16. The van der Waals surface area contributed by atoms with E-state index < -0.39 is 5.97 Å². The van der Waals surface area contributed by atoms with Gasteiger partial charge in [-0.05, 0) is 13.2 Å². The maximum atomic E-state index is 11.3. The van der Waals surface area contributed by atoms with E-state index in [1.807, 2.05) is 6.26 Å². The van der Waals surface area contributed by atoms with Gasteiger partial charge in [-0.1, -0.05) is 17.8 Å². The lowest BCUT2D eigenvalue weighted by Crippen LogP contribution is -2.20.